The van der Waals surface area contributed by atoms with Gasteiger partial charge < -0.3 is 4.74 Å². The largest absolute Gasteiger partial charge is 0.420 e. The van der Waals surface area contributed by atoms with E-state index in [1.54, 1.807) is 19.1 Å². The summed E-state index contributed by atoms with van der Waals surface area (Å²) in [6, 6.07) is 5.06. The molecule has 1 aromatic rings. The van der Waals surface area contributed by atoms with Crippen LogP contribution in [0.25, 0.3) is 0 Å². The first-order valence-corrected chi connectivity index (χ1v) is 10.6. The molecule has 0 aliphatic heterocycles. The molecule has 0 N–H and O–H groups in total. The molecule has 2 nitrogen and oxygen atoms in total. The van der Waals surface area contributed by atoms with Crippen LogP contribution in [-0.4, -0.2) is 5.97 Å². The molecule has 0 unspecified atom stereocenters. The summed E-state index contributed by atoms with van der Waals surface area (Å²) in [6.07, 6.45) is 11.8. The third kappa shape index (κ3) is 5.00. The second kappa shape index (κ2) is 9.03. The Kier molecular flexibility index (Phi) is 6.73. The predicted molar refractivity (Wildman–Crippen MR) is 107 cm³/mol. The van der Waals surface area contributed by atoms with Gasteiger partial charge in [-0.05, 0) is 86.8 Å². The smallest absolute Gasteiger partial charge is 0.338 e. The number of carbonyl (C=O) groups excluding carboxylic acids is 1. The van der Waals surface area contributed by atoms with Gasteiger partial charge in [0.1, 0.15) is 0 Å². The molecule has 3 heteroatoms. The summed E-state index contributed by atoms with van der Waals surface area (Å²) in [7, 11) is 0. The van der Waals surface area contributed by atoms with Gasteiger partial charge in [0, 0.05) is 5.57 Å². The fraction of sp³-hybridized carbons (Fsp3) is 0.625. The molecule has 3 rings (SSSR count). The van der Waals surface area contributed by atoms with Crippen LogP contribution in [0.15, 0.2) is 30.4 Å². The van der Waals surface area contributed by atoms with Gasteiger partial charge in [0.05, 0.1) is 0 Å². The van der Waals surface area contributed by atoms with Gasteiger partial charge in [-0.15, -0.1) is 0 Å². The molecule has 0 spiro atoms. The van der Waals surface area contributed by atoms with Crippen molar-refractivity contribution >= 4 is 5.97 Å². The summed E-state index contributed by atoms with van der Waals surface area (Å²) < 4.78 is 19.4. The molecule has 0 bridgehead atoms. The summed E-state index contributed by atoms with van der Waals surface area (Å²) in [6.45, 7) is 7.41. The highest BCUT2D eigenvalue weighted by atomic mass is 19.1. The van der Waals surface area contributed by atoms with Crippen molar-refractivity contribution in [1.82, 2.24) is 0 Å². The number of halogens is 1. The van der Waals surface area contributed by atoms with Crippen LogP contribution >= 0.6 is 0 Å². The molecule has 0 heterocycles. The van der Waals surface area contributed by atoms with Crippen LogP contribution in [0, 0.1) is 23.6 Å². The Hall–Kier alpha value is -1.64. The lowest BCUT2D eigenvalue weighted by Crippen LogP contribution is -2.25. The first-order chi connectivity index (χ1) is 13.0. The summed E-state index contributed by atoms with van der Waals surface area (Å²) in [5, 5.41) is 0. The summed E-state index contributed by atoms with van der Waals surface area (Å²) in [5.41, 5.74) is 1.31. The summed E-state index contributed by atoms with van der Waals surface area (Å²) in [4.78, 5) is 11.6. The lowest BCUT2D eigenvalue weighted by molar-refractivity contribution is -0.130. The highest BCUT2D eigenvalue weighted by Crippen LogP contribution is 2.44. The van der Waals surface area contributed by atoms with Crippen LogP contribution in [0.3, 0.4) is 0 Å². The molecular weight excluding hydrogens is 339 g/mol. The Balaban J connectivity index is 1.54. The van der Waals surface area contributed by atoms with Crippen LogP contribution < -0.4 is 4.74 Å². The molecule has 1 aromatic carbocycles. The Morgan fingerprint density at radius 3 is 2.19 bits per heavy atom. The van der Waals surface area contributed by atoms with Crippen LogP contribution in [0.4, 0.5) is 4.39 Å². The summed E-state index contributed by atoms with van der Waals surface area (Å²) in [5.74, 6) is 2.11. The highest BCUT2D eigenvalue weighted by molar-refractivity contribution is 5.88. The molecule has 0 atom stereocenters. The van der Waals surface area contributed by atoms with E-state index >= 15 is 0 Å². The maximum absolute atomic E-state index is 14.4. The molecule has 0 saturated heterocycles. The minimum atomic E-state index is -0.583. The zero-order valence-corrected chi connectivity index (χ0v) is 16.8. The molecule has 0 amide bonds. The van der Waals surface area contributed by atoms with E-state index in [1.807, 2.05) is 6.07 Å². The SMILES string of the molecule is C=C(C)C(=O)Oc1ccc(C2CCC(C3CCC(CC)CC3)CC2)cc1F. The van der Waals surface area contributed by atoms with Crippen LogP contribution in [0.2, 0.25) is 0 Å². The quantitative estimate of drug-likeness (QED) is 0.323. The third-order valence-electron chi connectivity index (χ3n) is 6.89. The minimum Gasteiger partial charge on any atom is -0.420 e. The Morgan fingerprint density at radius 2 is 1.67 bits per heavy atom. The number of rotatable bonds is 5. The Bertz CT molecular complexity index is 665. The zero-order chi connectivity index (χ0) is 19.4. The van der Waals surface area contributed by atoms with Gasteiger partial charge in [-0.2, -0.15) is 0 Å². The molecule has 2 saturated carbocycles. The van der Waals surface area contributed by atoms with Gasteiger partial charge in [0.2, 0.25) is 0 Å². The van der Waals surface area contributed by atoms with Crippen LogP contribution in [-0.2, 0) is 4.79 Å². The number of esters is 1. The van der Waals surface area contributed by atoms with Crippen molar-refractivity contribution in [2.45, 2.75) is 77.6 Å². The molecule has 2 fully saturated rings. The second-order valence-corrected chi connectivity index (χ2v) is 8.66. The van der Waals surface area contributed by atoms with Crippen molar-refractivity contribution in [2.24, 2.45) is 17.8 Å². The average molecular weight is 373 g/mol. The number of carbonyl (C=O) groups is 1. The van der Waals surface area contributed by atoms with E-state index < -0.39 is 11.8 Å². The van der Waals surface area contributed by atoms with Crippen LogP contribution in [0.5, 0.6) is 5.75 Å². The van der Waals surface area contributed by atoms with Crippen LogP contribution in [0.1, 0.15) is 83.1 Å². The van der Waals surface area contributed by atoms with Crippen molar-refractivity contribution in [1.29, 1.82) is 0 Å². The van der Waals surface area contributed by atoms with Gasteiger partial charge in [0.15, 0.2) is 11.6 Å². The van der Waals surface area contributed by atoms with E-state index in [-0.39, 0.29) is 11.3 Å². The van der Waals surface area contributed by atoms with Gasteiger partial charge in [-0.1, -0.05) is 38.8 Å². The molecule has 0 radical (unpaired) electrons. The molecule has 0 aromatic heterocycles. The Morgan fingerprint density at radius 1 is 1.07 bits per heavy atom. The number of ether oxygens (including phenoxy) is 1. The fourth-order valence-corrected chi connectivity index (χ4v) is 5.03. The van der Waals surface area contributed by atoms with E-state index in [0.29, 0.717) is 5.92 Å². The highest BCUT2D eigenvalue weighted by Gasteiger charge is 2.31. The Labute approximate surface area is 163 Å². The number of hydrogen-bond acceptors (Lipinski definition) is 2. The van der Waals surface area contributed by atoms with E-state index in [4.69, 9.17) is 4.74 Å². The maximum Gasteiger partial charge on any atom is 0.338 e. The molecule has 2 aliphatic carbocycles. The number of benzene rings is 1. The van der Waals surface area contributed by atoms with E-state index in [9.17, 15) is 9.18 Å². The lowest BCUT2D eigenvalue weighted by Gasteiger charge is -2.38. The van der Waals surface area contributed by atoms with E-state index in [0.717, 1.165) is 36.2 Å². The molecular formula is C24H33FO2. The van der Waals surface area contributed by atoms with Gasteiger partial charge in [-0.25, -0.2) is 9.18 Å². The normalized spacial score (nSPS) is 28.6. The summed E-state index contributed by atoms with van der Waals surface area (Å²) >= 11 is 0. The van der Waals surface area contributed by atoms with Gasteiger partial charge in [-0.3, -0.25) is 0 Å². The van der Waals surface area contributed by atoms with Crippen molar-refractivity contribution in [3.05, 3.63) is 41.7 Å². The minimum absolute atomic E-state index is 0.00637. The monoisotopic (exact) mass is 372 g/mol. The van der Waals surface area contributed by atoms with Crippen molar-refractivity contribution in [3.8, 4) is 5.75 Å². The zero-order valence-electron chi connectivity index (χ0n) is 16.8. The average Bonchev–Trinajstić information content (AvgIpc) is 2.69. The molecule has 2 aliphatic rings. The first kappa shape index (κ1) is 20.1. The topological polar surface area (TPSA) is 26.3 Å². The van der Waals surface area contributed by atoms with Crippen molar-refractivity contribution in [3.63, 3.8) is 0 Å². The van der Waals surface area contributed by atoms with E-state index in [1.165, 1.54) is 44.9 Å². The lowest BCUT2D eigenvalue weighted by atomic mass is 9.68. The fourth-order valence-electron chi connectivity index (χ4n) is 5.03. The predicted octanol–water partition coefficient (Wildman–Crippen LogP) is 6.80. The van der Waals surface area contributed by atoms with Crippen molar-refractivity contribution in [2.75, 3.05) is 0 Å². The number of hydrogen-bond donors (Lipinski definition) is 0. The maximum atomic E-state index is 14.4. The van der Waals surface area contributed by atoms with E-state index in [2.05, 4.69) is 13.5 Å². The molecule has 148 valence electrons. The molecule has 27 heavy (non-hydrogen) atoms. The standard InChI is InChI=1S/C24H33FO2/c1-4-17-5-7-18(8-6-17)19-9-11-20(12-10-19)21-13-14-23(22(25)15-21)27-24(26)16(2)3/h13-15,17-20H,2,4-12H2,1,3H3. The third-order valence-corrected chi connectivity index (χ3v) is 6.89. The van der Waals surface area contributed by atoms with Gasteiger partial charge >= 0.3 is 5.97 Å². The first-order valence-electron chi connectivity index (χ1n) is 10.6. The van der Waals surface area contributed by atoms with Gasteiger partial charge in [0.25, 0.3) is 0 Å². The van der Waals surface area contributed by atoms with Crippen molar-refractivity contribution < 1.29 is 13.9 Å². The second-order valence-electron chi connectivity index (χ2n) is 8.66.